The maximum atomic E-state index is 12.1. The number of hydrogen-bond acceptors (Lipinski definition) is 7. The van der Waals surface area contributed by atoms with Gasteiger partial charge in [0.2, 0.25) is 17.8 Å². The predicted octanol–water partition coefficient (Wildman–Crippen LogP) is 4.08. The number of ether oxygens (including phenoxy) is 1. The average Bonchev–Trinajstić information content (AvgIpc) is 3.20. The van der Waals surface area contributed by atoms with Crippen LogP contribution in [0.5, 0.6) is 5.75 Å². The third kappa shape index (κ3) is 5.90. The van der Waals surface area contributed by atoms with Gasteiger partial charge in [-0.25, -0.2) is 0 Å². The van der Waals surface area contributed by atoms with E-state index in [0.29, 0.717) is 30.5 Å². The van der Waals surface area contributed by atoms with Crippen LogP contribution in [0.15, 0.2) is 36.4 Å². The van der Waals surface area contributed by atoms with Crippen molar-refractivity contribution in [1.29, 1.82) is 0 Å². The molecule has 1 fully saturated rings. The molecule has 33 heavy (non-hydrogen) atoms. The third-order valence-electron chi connectivity index (χ3n) is 5.42. The number of halogens is 1. The lowest BCUT2D eigenvalue weighted by molar-refractivity contribution is -0.117. The molecule has 172 valence electrons. The number of nitrogens with two attached hydrogens (primary N) is 1. The van der Waals surface area contributed by atoms with Gasteiger partial charge in [0.25, 0.3) is 0 Å². The second-order valence-electron chi connectivity index (χ2n) is 8.14. The van der Waals surface area contributed by atoms with Gasteiger partial charge in [0.05, 0.1) is 0 Å². The fraction of sp³-hybridized carbons (Fsp3) is 0.333. The van der Waals surface area contributed by atoms with E-state index in [1.807, 2.05) is 44.2 Å². The van der Waals surface area contributed by atoms with Gasteiger partial charge in [0.15, 0.2) is 5.82 Å². The maximum Gasteiger partial charge on any atom is 0.227 e. The molecule has 0 bridgehead atoms. The number of hydrogen-bond donors (Lipinski definition) is 2. The Hall–Kier alpha value is -3.39. The standard InChI is InChI=1S/C24H27ClN6O2/c1-15-10-18(31-9-3-4-22(31)32)13-19(11-15)33-14-21-28-23(26)30-24(29-21)27-8-7-17-6-5-16(2)20(25)12-17/h5-6,10-13H,3-4,7-9,14H2,1-2H3,(H3,26,27,28,29,30). The molecule has 0 radical (unpaired) electrons. The minimum absolute atomic E-state index is 0.122. The Morgan fingerprint density at radius 2 is 2.00 bits per heavy atom. The quantitative estimate of drug-likeness (QED) is 0.515. The average molecular weight is 467 g/mol. The Balaban J connectivity index is 1.38. The minimum atomic E-state index is 0.122. The van der Waals surface area contributed by atoms with Gasteiger partial charge in [-0.05, 0) is 61.6 Å². The number of anilines is 3. The molecule has 3 aromatic rings. The molecule has 3 N–H and O–H groups in total. The lowest BCUT2D eigenvalue weighted by atomic mass is 10.1. The molecule has 9 heteroatoms. The van der Waals surface area contributed by atoms with E-state index in [1.54, 1.807) is 4.90 Å². The summed E-state index contributed by atoms with van der Waals surface area (Å²) in [4.78, 5) is 26.6. The zero-order chi connectivity index (χ0) is 23.4. The highest BCUT2D eigenvalue weighted by atomic mass is 35.5. The molecule has 0 atom stereocenters. The van der Waals surface area contributed by atoms with Gasteiger partial charge in [-0.2, -0.15) is 15.0 Å². The topological polar surface area (TPSA) is 106 Å². The number of benzene rings is 2. The van der Waals surface area contributed by atoms with Crippen LogP contribution in [0.1, 0.15) is 35.4 Å². The van der Waals surface area contributed by atoms with E-state index in [1.165, 1.54) is 0 Å². The first-order valence-electron chi connectivity index (χ1n) is 10.9. The summed E-state index contributed by atoms with van der Waals surface area (Å²) >= 11 is 6.20. The van der Waals surface area contributed by atoms with Crippen LogP contribution in [0.2, 0.25) is 5.02 Å². The third-order valence-corrected chi connectivity index (χ3v) is 5.83. The number of carbonyl (C=O) groups excluding carboxylic acids is 1. The highest BCUT2D eigenvalue weighted by molar-refractivity contribution is 6.31. The summed E-state index contributed by atoms with van der Waals surface area (Å²) in [5, 5.41) is 3.94. The van der Waals surface area contributed by atoms with Crippen LogP contribution in [0.25, 0.3) is 0 Å². The van der Waals surface area contributed by atoms with Crippen molar-refractivity contribution in [2.24, 2.45) is 0 Å². The van der Waals surface area contributed by atoms with Gasteiger partial charge in [0.1, 0.15) is 12.4 Å². The Bertz CT molecular complexity index is 1170. The number of nitrogen functional groups attached to an aromatic ring is 1. The fourth-order valence-corrected chi connectivity index (χ4v) is 3.93. The van der Waals surface area contributed by atoms with Crippen molar-refractivity contribution in [2.45, 2.75) is 39.7 Å². The van der Waals surface area contributed by atoms with E-state index in [0.717, 1.165) is 46.8 Å². The van der Waals surface area contributed by atoms with Gasteiger partial charge >= 0.3 is 0 Å². The normalized spacial score (nSPS) is 13.4. The Morgan fingerprint density at radius 1 is 1.15 bits per heavy atom. The van der Waals surface area contributed by atoms with Crippen molar-refractivity contribution in [3.05, 3.63) is 63.9 Å². The molecule has 1 amide bonds. The number of aromatic nitrogens is 3. The summed E-state index contributed by atoms with van der Waals surface area (Å²) < 4.78 is 5.93. The number of amides is 1. The monoisotopic (exact) mass is 466 g/mol. The van der Waals surface area contributed by atoms with E-state index in [2.05, 4.69) is 26.3 Å². The van der Waals surface area contributed by atoms with Crippen molar-refractivity contribution in [1.82, 2.24) is 15.0 Å². The molecule has 0 spiro atoms. The molecular formula is C24H27ClN6O2. The Kier molecular flexibility index (Phi) is 6.93. The largest absolute Gasteiger partial charge is 0.486 e. The van der Waals surface area contributed by atoms with E-state index < -0.39 is 0 Å². The number of carbonyl (C=O) groups is 1. The van der Waals surface area contributed by atoms with Gasteiger partial charge in [-0.15, -0.1) is 0 Å². The van der Waals surface area contributed by atoms with Crippen LogP contribution in [-0.4, -0.2) is 33.9 Å². The summed E-state index contributed by atoms with van der Waals surface area (Å²) in [5.41, 5.74) is 9.91. The van der Waals surface area contributed by atoms with Crippen LogP contribution in [0.4, 0.5) is 17.6 Å². The zero-order valence-electron chi connectivity index (χ0n) is 18.8. The second-order valence-corrected chi connectivity index (χ2v) is 8.54. The summed E-state index contributed by atoms with van der Waals surface area (Å²) in [5.74, 6) is 1.72. The van der Waals surface area contributed by atoms with Crippen molar-refractivity contribution >= 4 is 35.1 Å². The fourth-order valence-electron chi connectivity index (χ4n) is 3.73. The number of nitrogens with one attached hydrogen (secondary N) is 1. The Morgan fingerprint density at radius 3 is 2.76 bits per heavy atom. The molecular weight excluding hydrogens is 440 g/mol. The number of aryl methyl sites for hydroxylation is 2. The minimum Gasteiger partial charge on any atom is -0.486 e. The highest BCUT2D eigenvalue weighted by Crippen LogP contribution is 2.28. The van der Waals surface area contributed by atoms with Crippen molar-refractivity contribution in [3.63, 3.8) is 0 Å². The smallest absolute Gasteiger partial charge is 0.227 e. The molecule has 1 aliphatic rings. The highest BCUT2D eigenvalue weighted by Gasteiger charge is 2.22. The molecule has 0 aliphatic carbocycles. The number of rotatable bonds is 8. The van der Waals surface area contributed by atoms with Gasteiger partial charge in [0, 0.05) is 36.3 Å². The Labute approximate surface area is 198 Å². The zero-order valence-corrected chi connectivity index (χ0v) is 19.5. The van der Waals surface area contributed by atoms with Crippen LogP contribution >= 0.6 is 11.6 Å². The van der Waals surface area contributed by atoms with Crippen LogP contribution in [0, 0.1) is 13.8 Å². The number of nitrogens with zero attached hydrogens (tertiary/aromatic N) is 4. The molecule has 2 aromatic carbocycles. The van der Waals surface area contributed by atoms with Crippen LogP contribution in [0.3, 0.4) is 0 Å². The first kappa shape index (κ1) is 22.8. The van der Waals surface area contributed by atoms with Gasteiger partial charge in [-0.3, -0.25) is 4.79 Å². The van der Waals surface area contributed by atoms with E-state index >= 15 is 0 Å². The molecule has 1 saturated heterocycles. The lowest BCUT2D eigenvalue weighted by Crippen LogP contribution is -2.23. The molecule has 2 heterocycles. The van der Waals surface area contributed by atoms with E-state index in [-0.39, 0.29) is 18.5 Å². The van der Waals surface area contributed by atoms with Crippen LogP contribution in [-0.2, 0) is 17.8 Å². The first-order valence-corrected chi connectivity index (χ1v) is 11.3. The van der Waals surface area contributed by atoms with Crippen molar-refractivity contribution in [3.8, 4) is 5.75 Å². The van der Waals surface area contributed by atoms with E-state index in [9.17, 15) is 4.79 Å². The first-order chi connectivity index (χ1) is 15.9. The summed E-state index contributed by atoms with van der Waals surface area (Å²) in [6, 6.07) is 11.8. The van der Waals surface area contributed by atoms with E-state index in [4.69, 9.17) is 22.1 Å². The molecule has 0 saturated carbocycles. The maximum absolute atomic E-state index is 12.1. The molecule has 1 aromatic heterocycles. The summed E-state index contributed by atoms with van der Waals surface area (Å²) in [7, 11) is 0. The summed E-state index contributed by atoms with van der Waals surface area (Å²) in [6.45, 7) is 5.43. The molecule has 4 rings (SSSR count). The molecule has 1 aliphatic heterocycles. The SMILES string of the molecule is Cc1cc(OCc2nc(N)nc(NCCc3ccc(C)c(Cl)c3)n2)cc(N2CCCC2=O)c1. The summed E-state index contributed by atoms with van der Waals surface area (Å²) in [6.07, 6.45) is 2.22. The predicted molar refractivity (Wildman–Crippen MR) is 130 cm³/mol. The lowest BCUT2D eigenvalue weighted by Gasteiger charge is -2.18. The van der Waals surface area contributed by atoms with Gasteiger partial charge in [-0.1, -0.05) is 23.7 Å². The van der Waals surface area contributed by atoms with Gasteiger partial charge < -0.3 is 20.7 Å². The molecule has 8 nitrogen and oxygen atoms in total. The van der Waals surface area contributed by atoms with Crippen molar-refractivity contribution in [2.75, 3.05) is 29.0 Å². The second kappa shape index (κ2) is 10.0. The van der Waals surface area contributed by atoms with Crippen molar-refractivity contribution < 1.29 is 9.53 Å². The van der Waals surface area contributed by atoms with Crippen LogP contribution < -0.4 is 20.7 Å². The molecule has 0 unspecified atom stereocenters.